The van der Waals surface area contributed by atoms with E-state index in [0.717, 1.165) is 0 Å². The second kappa shape index (κ2) is 5.27. The summed E-state index contributed by atoms with van der Waals surface area (Å²) in [6.45, 7) is 0.140. The Labute approximate surface area is 106 Å². The SMILES string of the molecule is NNC(=O)c1cccc(Cn2ccc(=O)[nH]c2=O)n1. The van der Waals surface area contributed by atoms with Gasteiger partial charge in [-0.15, -0.1) is 0 Å². The molecule has 2 aromatic heterocycles. The van der Waals surface area contributed by atoms with Gasteiger partial charge in [-0.1, -0.05) is 6.07 Å². The first-order valence-corrected chi connectivity index (χ1v) is 5.37. The fourth-order valence-electron chi connectivity index (χ4n) is 1.51. The summed E-state index contributed by atoms with van der Waals surface area (Å²) in [5.41, 5.74) is 1.61. The first kappa shape index (κ1) is 12.7. The van der Waals surface area contributed by atoms with E-state index in [2.05, 4.69) is 9.97 Å². The van der Waals surface area contributed by atoms with Gasteiger partial charge in [-0.2, -0.15) is 0 Å². The maximum Gasteiger partial charge on any atom is 0.328 e. The number of nitrogens with one attached hydrogen (secondary N) is 2. The zero-order chi connectivity index (χ0) is 13.8. The van der Waals surface area contributed by atoms with Gasteiger partial charge in [-0.05, 0) is 12.1 Å². The van der Waals surface area contributed by atoms with Crippen LogP contribution in [0.4, 0.5) is 0 Å². The summed E-state index contributed by atoms with van der Waals surface area (Å²) < 4.78 is 1.27. The van der Waals surface area contributed by atoms with Gasteiger partial charge in [0.25, 0.3) is 11.5 Å². The Morgan fingerprint density at radius 3 is 2.84 bits per heavy atom. The van der Waals surface area contributed by atoms with E-state index in [1.807, 2.05) is 5.43 Å². The van der Waals surface area contributed by atoms with Crippen molar-refractivity contribution < 1.29 is 4.79 Å². The zero-order valence-electron chi connectivity index (χ0n) is 9.79. The maximum atomic E-state index is 11.5. The number of nitrogen functional groups attached to an aromatic ring is 1. The lowest BCUT2D eigenvalue weighted by Gasteiger charge is -2.05. The van der Waals surface area contributed by atoms with Gasteiger partial charge in [0.05, 0.1) is 12.2 Å². The highest BCUT2D eigenvalue weighted by molar-refractivity contribution is 5.91. The van der Waals surface area contributed by atoms with E-state index < -0.39 is 17.2 Å². The molecule has 4 N–H and O–H groups in total. The summed E-state index contributed by atoms with van der Waals surface area (Å²) >= 11 is 0. The topological polar surface area (TPSA) is 123 Å². The van der Waals surface area contributed by atoms with Crippen molar-refractivity contribution in [3.63, 3.8) is 0 Å². The van der Waals surface area contributed by atoms with Crippen LogP contribution in [-0.2, 0) is 6.54 Å². The molecule has 0 aliphatic rings. The van der Waals surface area contributed by atoms with E-state index in [4.69, 9.17) is 5.84 Å². The molecule has 0 atom stereocenters. The lowest BCUT2D eigenvalue weighted by molar-refractivity contribution is 0.0948. The number of aromatic amines is 1. The average Bonchev–Trinajstić information content (AvgIpc) is 2.41. The molecule has 0 saturated carbocycles. The fraction of sp³-hybridized carbons (Fsp3) is 0.0909. The van der Waals surface area contributed by atoms with Crippen LogP contribution in [0.5, 0.6) is 0 Å². The number of amides is 1. The van der Waals surface area contributed by atoms with Crippen molar-refractivity contribution >= 4 is 5.91 Å². The minimum atomic E-state index is -0.539. The van der Waals surface area contributed by atoms with Gasteiger partial charge in [0.1, 0.15) is 5.69 Å². The molecule has 0 saturated heterocycles. The van der Waals surface area contributed by atoms with Crippen LogP contribution in [0, 0.1) is 0 Å². The third-order valence-corrected chi connectivity index (χ3v) is 2.40. The molecular weight excluding hydrogens is 250 g/mol. The summed E-state index contributed by atoms with van der Waals surface area (Å²) in [6, 6.07) is 6.02. The van der Waals surface area contributed by atoms with Crippen LogP contribution in [-0.4, -0.2) is 20.4 Å². The molecule has 8 nitrogen and oxygen atoms in total. The smallest absolute Gasteiger partial charge is 0.295 e. The Hall–Kier alpha value is -2.74. The third-order valence-electron chi connectivity index (χ3n) is 2.40. The van der Waals surface area contributed by atoms with Gasteiger partial charge in [0, 0.05) is 12.3 Å². The predicted octanol–water partition coefficient (Wildman–Crippen LogP) is -1.42. The van der Waals surface area contributed by atoms with Gasteiger partial charge < -0.3 is 0 Å². The molecule has 1 amide bonds. The highest BCUT2D eigenvalue weighted by atomic mass is 16.2. The molecule has 0 aliphatic heterocycles. The molecule has 19 heavy (non-hydrogen) atoms. The minimum absolute atomic E-state index is 0.140. The van der Waals surface area contributed by atoms with Crippen molar-refractivity contribution in [1.82, 2.24) is 20.0 Å². The summed E-state index contributed by atoms with van der Waals surface area (Å²) in [7, 11) is 0. The van der Waals surface area contributed by atoms with Crippen molar-refractivity contribution in [1.29, 1.82) is 0 Å². The lowest BCUT2D eigenvalue weighted by atomic mass is 10.3. The van der Waals surface area contributed by atoms with Gasteiger partial charge in [-0.25, -0.2) is 15.6 Å². The highest BCUT2D eigenvalue weighted by Gasteiger charge is 2.06. The van der Waals surface area contributed by atoms with Crippen LogP contribution in [0.2, 0.25) is 0 Å². The zero-order valence-corrected chi connectivity index (χ0v) is 9.79. The van der Waals surface area contributed by atoms with E-state index >= 15 is 0 Å². The number of hydrazine groups is 1. The summed E-state index contributed by atoms with van der Waals surface area (Å²) in [5.74, 6) is 4.50. The molecule has 0 fully saturated rings. The second-order valence-electron chi connectivity index (χ2n) is 3.73. The van der Waals surface area contributed by atoms with Crippen molar-refractivity contribution in [2.24, 2.45) is 5.84 Å². The van der Waals surface area contributed by atoms with Crippen LogP contribution in [0.3, 0.4) is 0 Å². The Morgan fingerprint density at radius 2 is 2.16 bits per heavy atom. The van der Waals surface area contributed by atoms with E-state index in [0.29, 0.717) is 5.69 Å². The largest absolute Gasteiger partial charge is 0.328 e. The van der Waals surface area contributed by atoms with Crippen LogP contribution >= 0.6 is 0 Å². The van der Waals surface area contributed by atoms with Gasteiger partial charge in [-0.3, -0.25) is 24.6 Å². The molecule has 0 aliphatic carbocycles. The van der Waals surface area contributed by atoms with Crippen molar-refractivity contribution in [3.05, 3.63) is 62.7 Å². The highest BCUT2D eigenvalue weighted by Crippen LogP contribution is 2.00. The fourth-order valence-corrected chi connectivity index (χ4v) is 1.51. The molecule has 0 radical (unpaired) electrons. The normalized spacial score (nSPS) is 10.2. The number of pyridine rings is 1. The molecule has 0 aromatic carbocycles. The summed E-state index contributed by atoms with van der Waals surface area (Å²) in [5, 5.41) is 0. The number of carbonyl (C=O) groups is 1. The summed E-state index contributed by atoms with van der Waals surface area (Å²) in [4.78, 5) is 39.9. The standard InChI is InChI=1S/C11H11N5O3/c12-15-10(18)8-3-1-2-7(13-8)6-16-5-4-9(17)14-11(16)19/h1-5H,6,12H2,(H,15,18)(H,14,17,19). The number of H-pyrrole nitrogens is 1. The molecule has 2 aromatic rings. The van der Waals surface area contributed by atoms with E-state index in [1.54, 1.807) is 12.1 Å². The minimum Gasteiger partial charge on any atom is -0.295 e. The quantitative estimate of drug-likeness (QED) is 0.355. The number of hydrogen-bond acceptors (Lipinski definition) is 5. The first-order chi connectivity index (χ1) is 9.10. The number of nitrogens with zero attached hydrogens (tertiary/aromatic N) is 2. The molecule has 0 spiro atoms. The van der Waals surface area contributed by atoms with Crippen LogP contribution in [0.1, 0.15) is 16.2 Å². The van der Waals surface area contributed by atoms with Crippen LogP contribution in [0.25, 0.3) is 0 Å². The number of rotatable bonds is 3. The molecule has 2 rings (SSSR count). The molecular formula is C11H11N5O3. The number of aromatic nitrogens is 3. The average molecular weight is 261 g/mol. The van der Waals surface area contributed by atoms with E-state index in [1.165, 1.54) is 22.9 Å². The lowest BCUT2D eigenvalue weighted by Crippen LogP contribution is -2.31. The summed E-state index contributed by atoms with van der Waals surface area (Å²) in [6.07, 6.45) is 1.36. The predicted molar refractivity (Wildman–Crippen MR) is 66.3 cm³/mol. The Bertz CT molecular complexity index is 719. The number of nitrogens with two attached hydrogens (primary N) is 1. The second-order valence-corrected chi connectivity index (χ2v) is 3.73. The van der Waals surface area contributed by atoms with Gasteiger partial charge >= 0.3 is 5.69 Å². The van der Waals surface area contributed by atoms with Crippen LogP contribution < -0.4 is 22.5 Å². The van der Waals surface area contributed by atoms with Crippen molar-refractivity contribution in [2.45, 2.75) is 6.54 Å². The molecule has 98 valence electrons. The van der Waals surface area contributed by atoms with E-state index in [-0.39, 0.29) is 12.2 Å². The monoisotopic (exact) mass is 261 g/mol. The Kier molecular flexibility index (Phi) is 3.53. The maximum absolute atomic E-state index is 11.5. The van der Waals surface area contributed by atoms with Crippen LogP contribution in [0.15, 0.2) is 40.1 Å². The molecule has 8 heteroatoms. The first-order valence-electron chi connectivity index (χ1n) is 5.37. The molecule has 0 bridgehead atoms. The Morgan fingerprint density at radius 1 is 1.37 bits per heavy atom. The Balaban J connectivity index is 2.31. The van der Waals surface area contributed by atoms with Crippen molar-refractivity contribution in [2.75, 3.05) is 0 Å². The van der Waals surface area contributed by atoms with Gasteiger partial charge in [0.2, 0.25) is 0 Å². The number of carbonyl (C=O) groups excluding carboxylic acids is 1. The molecule has 0 unspecified atom stereocenters. The van der Waals surface area contributed by atoms with Crippen molar-refractivity contribution in [3.8, 4) is 0 Å². The van der Waals surface area contributed by atoms with Gasteiger partial charge in [0.15, 0.2) is 0 Å². The molecule has 2 heterocycles. The number of hydrogen-bond donors (Lipinski definition) is 3. The van der Waals surface area contributed by atoms with E-state index in [9.17, 15) is 14.4 Å². The third kappa shape index (κ3) is 2.93.